The number of benzene rings is 1. The second-order valence-corrected chi connectivity index (χ2v) is 8.99. The minimum Gasteiger partial charge on any atom is -0.484 e. The van der Waals surface area contributed by atoms with E-state index < -0.39 is 0 Å². The van der Waals surface area contributed by atoms with Crippen LogP contribution in [0.3, 0.4) is 0 Å². The van der Waals surface area contributed by atoms with Crippen molar-refractivity contribution in [1.82, 2.24) is 20.0 Å². The average molecular weight is 406 g/mol. The maximum Gasteiger partial charge on any atom is 0.141 e. The molecule has 2 saturated carbocycles. The lowest BCUT2D eigenvalue weighted by molar-refractivity contribution is 0.0941. The lowest BCUT2D eigenvalue weighted by Gasteiger charge is -2.24. The number of aliphatic hydroxyl groups excluding tert-OH is 1. The Morgan fingerprint density at radius 2 is 2.17 bits per heavy atom. The highest BCUT2D eigenvalue weighted by atomic mass is 16.5. The molecule has 3 aromatic rings. The van der Waals surface area contributed by atoms with Crippen LogP contribution in [0.2, 0.25) is 0 Å². The quantitative estimate of drug-likeness (QED) is 0.715. The molecule has 7 nitrogen and oxygen atoms in total. The van der Waals surface area contributed by atoms with Crippen molar-refractivity contribution in [3.05, 3.63) is 47.4 Å². The molecular formula is C23H26N4O3. The van der Waals surface area contributed by atoms with E-state index in [1.165, 1.54) is 5.56 Å². The van der Waals surface area contributed by atoms with Gasteiger partial charge in [-0.2, -0.15) is 0 Å². The van der Waals surface area contributed by atoms with Crippen molar-refractivity contribution in [1.29, 1.82) is 0 Å². The fourth-order valence-electron chi connectivity index (χ4n) is 5.56. The Morgan fingerprint density at radius 1 is 1.23 bits per heavy atom. The summed E-state index contributed by atoms with van der Waals surface area (Å²) in [4.78, 5) is 4.57. The maximum absolute atomic E-state index is 10.0. The molecule has 3 aliphatic rings. The van der Waals surface area contributed by atoms with Gasteiger partial charge < -0.3 is 14.6 Å². The molecule has 2 bridgehead atoms. The predicted molar refractivity (Wildman–Crippen MR) is 110 cm³/mol. The minimum atomic E-state index is -0.198. The van der Waals surface area contributed by atoms with Gasteiger partial charge in [0, 0.05) is 11.6 Å². The number of fused-ring (bicyclic) bond motifs is 5. The number of pyridine rings is 1. The van der Waals surface area contributed by atoms with Crippen molar-refractivity contribution in [2.75, 3.05) is 6.61 Å². The largest absolute Gasteiger partial charge is 0.484 e. The molecule has 0 radical (unpaired) electrons. The van der Waals surface area contributed by atoms with Gasteiger partial charge in [-0.25, -0.2) is 4.68 Å². The zero-order valence-electron chi connectivity index (χ0n) is 17.1. The molecule has 1 aliphatic heterocycles. The third-order valence-corrected chi connectivity index (χ3v) is 7.17. The van der Waals surface area contributed by atoms with Gasteiger partial charge >= 0.3 is 0 Å². The Balaban J connectivity index is 1.22. The summed E-state index contributed by atoms with van der Waals surface area (Å²) < 4.78 is 13.8. The highest BCUT2D eigenvalue weighted by Crippen LogP contribution is 2.50. The molecule has 0 spiro atoms. The number of aliphatic hydroxyl groups is 1. The normalized spacial score (nSPS) is 28.6. The number of hydrogen-bond donors (Lipinski definition) is 1. The SMILES string of the molecule is C[C@@H](Oc1ccc2ncc3c(c2c1)CCOC3)c1cn(C2CC3CC2CC3O)nn1. The Morgan fingerprint density at radius 3 is 3.00 bits per heavy atom. The minimum absolute atomic E-state index is 0.129. The van der Waals surface area contributed by atoms with Gasteiger partial charge in [0.2, 0.25) is 0 Å². The zero-order valence-corrected chi connectivity index (χ0v) is 17.1. The van der Waals surface area contributed by atoms with E-state index in [-0.39, 0.29) is 12.2 Å². The van der Waals surface area contributed by atoms with Gasteiger partial charge in [-0.1, -0.05) is 5.21 Å². The van der Waals surface area contributed by atoms with Gasteiger partial charge in [0.1, 0.15) is 17.5 Å². The van der Waals surface area contributed by atoms with E-state index in [2.05, 4.69) is 21.4 Å². The van der Waals surface area contributed by atoms with E-state index in [4.69, 9.17) is 9.47 Å². The fourth-order valence-corrected chi connectivity index (χ4v) is 5.56. The summed E-state index contributed by atoms with van der Waals surface area (Å²) in [7, 11) is 0. The average Bonchev–Trinajstić information content (AvgIpc) is 3.49. The van der Waals surface area contributed by atoms with Gasteiger partial charge in [0.05, 0.1) is 37.1 Å². The highest BCUT2D eigenvalue weighted by Gasteiger charge is 2.46. The van der Waals surface area contributed by atoms with Crippen LogP contribution in [0, 0.1) is 11.8 Å². The van der Waals surface area contributed by atoms with Crippen LogP contribution >= 0.6 is 0 Å². The maximum atomic E-state index is 10.0. The van der Waals surface area contributed by atoms with Crippen molar-refractivity contribution in [2.24, 2.45) is 11.8 Å². The van der Waals surface area contributed by atoms with E-state index in [1.807, 2.05) is 36.1 Å². The van der Waals surface area contributed by atoms with E-state index in [1.54, 1.807) is 0 Å². The smallest absolute Gasteiger partial charge is 0.141 e. The molecule has 2 aliphatic carbocycles. The number of aromatic nitrogens is 4. The van der Waals surface area contributed by atoms with Crippen molar-refractivity contribution < 1.29 is 14.6 Å². The van der Waals surface area contributed by atoms with Crippen molar-refractivity contribution in [3.63, 3.8) is 0 Å². The summed E-state index contributed by atoms with van der Waals surface area (Å²) in [6.07, 6.45) is 7.51. The van der Waals surface area contributed by atoms with Crippen LogP contribution in [0.15, 0.2) is 30.6 Å². The molecule has 2 aromatic heterocycles. The van der Waals surface area contributed by atoms with Gasteiger partial charge in [0.15, 0.2) is 0 Å². The standard InChI is InChI=1S/C23H26N4O3/c1-13(21-11-27(26-25-21)22-7-15-6-14(22)8-23(15)28)30-17-2-3-20-19(9-17)18-4-5-29-12-16(18)10-24-20/h2-3,9-11,13-15,22-23,28H,4-8,12H2,1H3/t13-,14?,15?,22?,23?/m1/s1. The highest BCUT2D eigenvalue weighted by molar-refractivity contribution is 5.84. The van der Waals surface area contributed by atoms with Crippen LogP contribution in [0.1, 0.15) is 55.2 Å². The Hall–Kier alpha value is -2.51. The monoisotopic (exact) mass is 406 g/mol. The van der Waals surface area contributed by atoms with Crippen molar-refractivity contribution >= 4 is 10.9 Å². The molecule has 3 heterocycles. The van der Waals surface area contributed by atoms with Gasteiger partial charge in [-0.15, -0.1) is 5.10 Å². The summed E-state index contributed by atoms with van der Waals surface area (Å²) in [5.74, 6) is 1.75. The third-order valence-electron chi connectivity index (χ3n) is 7.17. The van der Waals surface area contributed by atoms with Crippen LogP contribution in [0.5, 0.6) is 5.75 Å². The lowest BCUT2D eigenvalue weighted by atomic mass is 9.93. The second-order valence-electron chi connectivity index (χ2n) is 8.99. The first kappa shape index (κ1) is 18.3. The topological polar surface area (TPSA) is 82.3 Å². The van der Waals surface area contributed by atoms with E-state index in [0.29, 0.717) is 24.5 Å². The van der Waals surface area contributed by atoms with Crippen LogP contribution < -0.4 is 4.74 Å². The van der Waals surface area contributed by atoms with E-state index in [9.17, 15) is 5.11 Å². The predicted octanol–water partition coefficient (Wildman–Crippen LogP) is 3.37. The molecule has 0 saturated heterocycles. The molecule has 2 fully saturated rings. The summed E-state index contributed by atoms with van der Waals surface area (Å²) in [5, 5.41) is 19.9. The first-order valence-corrected chi connectivity index (χ1v) is 10.9. The molecule has 1 aromatic carbocycles. The van der Waals surface area contributed by atoms with Gasteiger partial charge in [0.25, 0.3) is 0 Å². The Kier molecular flexibility index (Phi) is 4.28. The lowest BCUT2D eigenvalue weighted by Crippen LogP contribution is -2.24. The zero-order chi connectivity index (χ0) is 20.2. The molecular weight excluding hydrogens is 380 g/mol. The number of rotatable bonds is 4. The Labute approximate surface area is 175 Å². The molecule has 7 heteroatoms. The summed E-state index contributed by atoms with van der Waals surface area (Å²) in [6, 6.07) is 6.43. The molecule has 6 rings (SSSR count). The van der Waals surface area contributed by atoms with Crippen molar-refractivity contribution in [2.45, 2.75) is 57.5 Å². The third kappa shape index (κ3) is 2.99. The van der Waals surface area contributed by atoms with Gasteiger partial charge in [-0.3, -0.25) is 4.98 Å². The molecule has 0 amide bonds. The number of hydrogen-bond acceptors (Lipinski definition) is 6. The van der Waals surface area contributed by atoms with Crippen LogP contribution in [0.25, 0.3) is 10.9 Å². The van der Waals surface area contributed by atoms with Crippen molar-refractivity contribution in [3.8, 4) is 5.75 Å². The fraction of sp³-hybridized carbons (Fsp3) is 0.522. The number of ether oxygens (including phenoxy) is 2. The molecule has 30 heavy (non-hydrogen) atoms. The van der Waals surface area contributed by atoms with Gasteiger partial charge in [-0.05, 0) is 73.8 Å². The summed E-state index contributed by atoms with van der Waals surface area (Å²) in [6.45, 7) is 3.38. The molecule has 4 unspecified atom stereocenters. The molecule has 1 N–H and O–H groups in total. The van der Waals surface area contributed by atoms with E-state index >= 15 is 0 Å². The van der Waals surface area contributed by atoms with Crippen LogP contribution in [0.4, 0.5) is 0 Å². The summed E-state index contributed by atoms with van der Waals surface area (Å²) >= 11 is 0. The Bertz CT molecular complexity index is 1100. The second kappa shape index (κ2) is 7.03. The molecule has 156 valence electrons. The molecule has 5 atom stereocenters. The summed E-state index contributed by atoms with van der Waals surface area (Å²) in [5.41, 5.74) is 4.30. The number of nitrogens with zero attached hydrogens (tertiary/aromatic N) is 4. The van der Waals surface area contributed by atoms with Crippen LogP contribution in [-0.4, -0.2) is 37.8 Å². The van der Waals surface area contributed by atoms with Crippen LogP contribution in [-0.2, 0) is 17.8 Å². The first-order valence-electron chi connectivity index (χ1n) is 10.9. The first-order chi connectivity index (χ1) is 14.7. The van der Waals surface area contributed by atoms with E-state index in [0.717, 1.165) is 60.2 Å².